The summed E-state index contributed by atoms with van der Waals surface area (Å²) in [5.41, 5.74) is 7.98. The number of aromatic nitrogens is 3. The van der Waals surface area contributed by atoms with Crippen molar-refractivity contribution in [3.05, 3.63) is 54.2 Å². The van der Waals surface area contributed by atoms with Crippen LogP contribution in [-0.4, -0.2) is 25.5 Å². The van der Waals surface area contributed by atoms with E-state index in [1.807, 2.05) is 40.9 Å². The Kier molecular flexibility index (Phi) is 3.58. The molecule has 2 aromatic heterocycles. The number of rotatable bonds is 4. The van der Waals surface area contributed by atoms with Crippen LogP contribution < -0.4 is 5.73 Å². The zero-order chi connectivity index (χ0) is 13.9. The summed E-state index contributed by atoms with van der Waals surface area (Å²) in [6.07, 6.45) is 1.32. The van der Waals surface area contributed by atoms with Gasteiger partial charge >= 0.3 is 0 Å². The van der Waals surface area contributed by atoms with Crippen molar-refractivity contribution in [2.45, 2.75) is 11.3 Å². The highest BCUT2D eigenvalue weighted by molar-refractivity contribution is 7.99. The SMILES string of the molecule is Nc1cccc(C(O)CSc2nnc3ccccn23)c1. The van der Waals surface area contributed by atoms with Gasteiger partial charge in [-0.1, -0.05) is 30.0 Å². The Balaban J connectivity index is 1.73. The zero-order valence-corrected chi connectivity index (χ0v) is 11.5. The highest BCUT2D eigenvalue weighted by atomic mass is 32.2. The van der Waals surface area contributed by atoms with Crippen LogP contribution in [0.25, 0.3) is 5.65 Å². The number of anilines is 1. The molecule has 2 heterocycles. The van der Waals surface area contributed by atoms with Crippen LogP contribution >= 0.6 is 11.8 Å². The molecule has 1 aromatic carbocycles. The van der Waals surface area contributed by atoms with Crippen LogP contribution in [0.15, 0.2) is 53.8 Å². The average Bonchev–Trinajstić information content (AvgIpc) is 2.88. The van der Waals surface area contributed by atoms with Crippen molar-refractivity contribution in [1.29, 1.82) is 0 Å². The molecule has 6 heteroatoms. The molecule has 0 saturated carbocycles. The van der Waals surface area contributed by atoms with Crippen molar-refractivity contribution in [3.63, 3.8) is 0 Å². The molecule has 102 valence electrons. The lowest BCUT2D eigenvalue weighted by molar-refractivity contribution is 0.204. The first-order valence-corrected chi connectivity index (χ1v) is 7.18. The van der Waals surface area contributed by atoms with Gasteiger partial charge in [0.15, 0.2) is 10.8 Å². The third-order valence-corrected chi connectivity index (χ3v) is 3.97. The maximum Gasteiger partial charge on any atom is 0.195 e. The van der Waals surface area contributed by atoms with Crippen LogP contribution in [0.3, 0.4) is 0 Å². The van der Waals surface area contributed by atoms with Crippen LogP contribution in [0.2, 0.25) is 0 Å². The second-order valence-corrected chi connectivity index (χ2v) is 5.40. The number of hydrogen-bond acceptors (Lipinski definition) is 5. The quantitative estimate of drug-likeness (QED) is 0.567. The van der Waals surface area contributed by atoms with E-state index in [9.17, 15) is 5.11 Å². The van der Waals surface area contributed by atoms with E-state index in [0.29, 0.717) is 11.4 Å². The Labute approximate surface area is 120 Å². The maximum atomic E-state index is 10.2. The van der Waals surface area contributed by atoms with Gasteiger partial charge in [-0.2, -0.15) is 0 Å². The lowest BCUT2D eigenvalue weighted by Gasteiger charge is -2.10. The van der Waals surface area contributed by atoms with Crippen molar-refractivity contribution in [2.24, 2.45) is 0 Å². The van der Waals surface area contributed by atoms with E-state index in [1.54, 1.807) is 12.1 Å². The largest absolute Gasteiger partial charge is 0.399 e. The number of aliphatic hydroxyl groups is 1. The van der Waals surface area contributed by atoms with E-state index >= 15 is 0 Å². The third kappa shape index (κ3) is 2.61. The van der Waals surface area contributed by atoms with E-state index in [-0.39, 0.29) is 0 Å². The summed E-state index contributed by atoms with van der Waals surface area (Å²) in [5.74, 6) is 0.499. The second kappa shape index (κ2) is 5.52. The minimum atomic E-state index is -0.584. The Hall–Kier alpha value is -2.05. The molecule has 0 bridgehead atoms. The lowest BCUT2D eigenvalue weighted by atomic mass is 10.1. The van der Waals surface area contributed by atoms with E-state index in [1.165, 1.54) is 11.8 Å². The molecule has 1 unspecified atom stereocenters. The third-order valence-electron chi connectivity index (χ3n) is 2.95. The topological polar surface area (TPSA) is 76.4 Å². The number of hydrogen-bond donors (Lipinski definition) is 2. The van der Waals surface area contributed by atoms with Crippen molar-refractivity contribution in [2.75, 3.05) is 11.5 Å². The molecule has 0 spiro atoms. The molecule has 0 radical (unpaired) electrons. The number of nitrogens with two attached hydrogens (primary N) is 1. The zero-order valence-electron chi connectivity index (χ0n) is 10.7. The first-order valence-electron chi connectivity index (χ1n) is 6.20. The number of benzene rings is 1. The first-order chi connectivity index (χ1) is 9.74. The minimum Gasteiger partial charge on any atom is -0.399 e. The number of aliphatic hydroxyl groups excluding tert-OH is 1. The molecule has 1 atom stereocenters. The number of pyridine rings is 1. The Morgan fingerprint density at radius 3 is 2.95 bits per heavy atom. The average molecular weight is 286 g/mol. The van der Waals surface area contributed by atoms with Crippen molar-refractivity contribution in [1.82, 2.24) is 14.6 Å². The smallest absolute Gasteiger partial charge is 0.195 e. The van der Waals surface area contributed by atoms with Gasteiger partial charge in [-0.15, -0.1) is 10.2 Å². The molecule has 0 aliphatic heterocycles. The number of fused-ring (bicyclic) bond motifs is 1. The van der Waals surface area contributed by atoms with Gasteiger partial charge in [0, 0.05) is 17.6 Å². The molecular formula is C14H14N4OS. The Morgan fingerprint density at radius 1 is 1.20 bits per heavy atom. The molecule has 5 nitrogen and oxygen atoms in total. The summed E-state index contributed by atoms with van der Waals surface area (Å²) in [6.45, 7) is 0. The number of nitrogens with zero attached hydrogens (tertiary/aromatic N) is 3. The summed E-state index contributed by atoms with van der Waals surface area (Å²) in [7, 11) is 0. The van der Waals surface area contributed by atoms with Gasteiger partial charge in [-0.05, 0) is 29.8 Å². The molecule has 0 fully saturated rings. The molecule has 3 N–H and O–H groups in total. The second-order valence-electron chi connectivity index (χ2n) is 4.41. The van der Waals surface area contributed by atoms with Crippen LogP contribution in [0.1, 0.15) is 11.7 Å². The highest BCUT2D eigenvalue weighted by Gasteiger charge is 2.11. The monoisotopic (exact) mass is 286 g/mol. The van der Waals surface area contributed by atoms with Gasteiger partial charge in [0.25, 0.3) is 0 Å². The minimum absolute atomic E-state index is 0.499. The highest BCUT2D eigenvalue weighted by Crippen LogP contribution is 2.24. The molecule has 3 aromatic rings. The predicted molar refractivity (Wildman–Crippen MR) is 79.5 cm³/mol. The van der Waals surface area contributed by atoms with Gasteiger partial charge in [0.05, 0.1) is 6.10 Å². The Morgan fingerprint density at radius 2 is 2.10 bits per heavy atom. The molecule has 0 saturated heterocycles. The summed E-state index contributed by atoms with van der Waals surface area (Å²) in [4.78, 5) is 0. The van der Waals surface area contributed by atoms with E-state index in [2.05, 4.69) is 10.2 Å². The van der Waals surface area contributed by atoms with Crippen LogP contribution in [0, 0.1) is 0 Å². The van der Waals surface area contributed by atoms with E-state index < -0.39 is 6.10 Å². The van der Waals surface area contributed by atoms with Gasteiger partial charge in [0.2, 0.25) is 0 Å². The molecule has 0 aliphatic rings. The fourth-order valence-electron chi connectivity index (χ4n) is 1.93. The fraction of sp³-hybridized carbons (Fsp3) is 0.143. The molecule has 20 heavy (non-hydrogen) atoms. The Bertz CT molecular complexity index is 728. The summed E-state index contributed by atoms with van der Waals surface area (Å²) in [6, 6.07) is 13.0. The van der Waals surface area contributed by atoms with Crippen molar-refractivity contribution < 1.29 is 5.11 Å². The van der Waals surface area contributed by atoms with Gasteiger partial charge in [-0.3, -0.25) is 4.40 Å². The summed E-state index contributed by atoms with van der Waals surface area (Å²) < 4.78 is 1.90. The molecular weight excluding hydrogens is 272 g/mol. The number of thioether (sulfide) groups is 1. The maximum absolute atomic E-state index is 10.2. The predicted octanol–water partition coefficient (Wildman–Crippen LogP) is 2.14. The van der Waals surface area contributed by atoms with Crippen LogP contribution in [0.5, 0.6) is 0 Å². The lowest BCUT2D eigenvalue weighted by Crippen LogP contribution is -2.02. The van der Waals surface area contributed by atoms with E-state index in [4.69, 9.17) is 5.73 Å². The molecule has 3 rings (SSSR count). The number of nitrogen functional groups attached to an aromatic ring is 1. The van der Waals surface area contributed by atoms with Crippen LogP contribution in [-0.2, 0) is 0 Å². The van der Waals surface area contributed by atoms with E-state index in [0.717, 1.165) is 16.4 Å². The molecule has 0 aliphatic carbocycles. The van der Waals surface area contributed by atoms with Gasteiger partial charge < -0.3 is 10.8 Å². The standard InChI is InChI=1S/C14H14N4OS/c15-11-5-3-4-10(8-11)12(19)9-20-14-17-16-13-6-1-2-7-18(13)14/h1-8,12,19H,9,15H2. The van der Waals surface area contributed by atoms with Gasteiger partial charge in [0.1, 0.15) is 0 Å². The van der Waals surface area contributed by atoms with Crippen LogP contribution in [0.4, 0.5) is 5.69 Å². The summed E-state index contributed by atoms with van der Waals surface area (Å²) in [5, 5.41) is 19.1. The summed E-state index contributed by atoms with van der Waals surface area (Å²) >= 11 is 1.46. The van der Waals surface area contributed by atoms with Crippen molar-refractivity contribution >= 4 is 23.1 Å². The normalized spacial score (nSPS) is 12.7. The fourth-order valence-corrected chi connectivity index (χ4v) is 2.83. The molecule has 0 amide bonds. The van der Waals surface area contributed by atoms with Crippen molar-refractivity contribution in [3.8, 4) is 0 Å². The van der Waals surface area contributed by atoms with Gasteiger partial charge in [-0.25, -0.2) is 0 Å². The first kappa shape index (κ1) is 13.0.